The minimum Gasteiger partial charge on any atom is -0.379 e. The molecule has 1 fully saturated rings. The maximum absolute atomic E-state index is 5.44. The van der Waals surface area contributed by atoms with Crippen molar-refractivity contribution in [1.82, 2.24) is 19.3 Å². The third-order valence-corrected chi connectivity index (χ3v) is 4.60. The van der Waals surface area contributed by atoms with Gasteiger partial charge in [0.1, 0.15) is 0 Å². The molecule has 1 unspecified atom stereocenters. The van der Waals surface area contributed by atoms with Gasteiger partial charge in [0.25, 0.3) is 0 Å². The molecule has 3 heterocycles. The summed E-state index contributed by atoms with van der Waals surface area (Å²) in [5.74, 6) is 0. The Balaban J connectivity index is 1.60. The Labute approximate surface area is 135 Å². The second-order valence-electron chi connectivity index (χ2n) is 5.89. The average molecular weight is 308 g/mol. The Kier molecular flexibility index (Phi) is 3.81. The predicted octanol–water partition coefficient (Wildman–Crippen LogP) is 2.79. The molecule has 4 rings (SSSR count). The van der Waals surface area contributed by atoms with Crippen molar-refractivity contribution >= 4 is 5.65 Å². The van der Waals surface area contributed by atoms with E-state index in [4.69, 9.17) is 4.74 Å². The van der Waals surface area contributed by atoms with Crippen LogP contribution >= 0.6 is 0 Å². The summed E-state index contributed by atoms with van der Waals surface area (Å²) < 4.78 is 7.50. The number of nitrogens with zero attached hydrogens (tertiary/aromatic N) is 4. The summed E-state index contributed by atoms with van der Waals surface area (Å²) in [4.78, 5) is 11.0. The van der Waals surface area contributed by atoms with Crippen LogP contribution in [0, 0.1) is 0 Å². The molecular weight excluding hydrogens is 288 g/mol. The van der Waals surface area contributed by atoms with E-state index in [0.29, 0.717) is 6.04 Å². The molecule has 1 aromatic carbocycles. The monoisotopic (exact) mass is 308 g/mol. The highest BCUT2D eigenvalue weighted by molar-refractivity contribution is 5.63. The van der Waals surface area contributed by atoms with E-state index in [9.17, 15) is 0 Å². The highest BCUT2D eigenvalue weighted by atomic mass is 16.5. The molecule has 118 valence electrons. The molecule has 0 spiro atoms. The van der Waals surface area contributed by atoms with Crippen LogP contribution in [0.2, 0.25) is 0 Å². The number of ether oxygens (including phenoxy) is 1. The molecule has 5 heteroatoms. The summed E-state index contributed by atoms with van der Waals surface area (Å²) in [6.45, 7) is 5.93. The second-order valence-corrected chi connectivity index (χ2v) is 5.89. The minimum absolute atomic E-state index is 0.416. The van der Waals surface area contributed by atoms with Gasteiger partial charge in [-0.25, -0.2) is 4.98 Å². The summed E-state index contributed by atoms with van der Waals surface area (Å²) in [5.41, 5.74) is 4.47. The van der Waals surface area contributed by atoms with E-state index in [1.54, 1.807) is 12.4 Å². The fourth-order valence-electron chi connectivity index (χ4n) is 3.16. The van der Waals surface area contributed by atoms with Gasteiger partial charge in [-0.05, 0) is 12.5 Å². The van der Waals surface area contributed by atoms with Gasteiger partial charge in [0.15, 0.2) is 5.65 Å². The smallest absolute Gasteiger partial charge is 0.155 e. The van der Waals surface area contributed by atoms with E-state index >= 15 is 0 Å². The quantitative estimate of drug-likeness (QED) is 0.746. The van der Waals surface area contributed by atoms with Gasteiger partial charge in [-0.1, -0.05) is 24.3 Å². The van der Waals surface area contributed by atoms with E-state index in [2.05, 4.69) is 50.5 Å². The fraction of sp³-hybridized carbons (Fsp3) is 0.333. The van der Waals surface area contributed by atoms with Crippen molar-refractivity contribution < 1.29 is 4.74 Å². The van der Waals surface area contributed by atoms with Crippen molar-refractivity contribution in [2.24, 2.45) is 0 Å². The molecule has 5 nitrogen and oxygen atoms in total. The number of morpholine rings is 1. The molecule has 3 aromatic rings. The van der Waals surface area contributed by atoms with Crippen molar-refractivity contribution in [1.29, 1.82) is 0 Å². The van der Waals surface area contributed by atoms with E-state index < -0.39 is 0 Å². The Hall–Kier alpha value is -2.24. The van der Waals surface area contributed by atoms with E-state index in [1.165, 1.54) is 11.1 Å². The van der Waals surface area contributed by atoms with Gasteiger partial charge >= 0.3 is 0 Å². The van der Waals surface area contributed by atoms with Gasteiger partial charge in [0.05, 0.1) is 31.3 Å². The standard InChI is InChI=1S/C18H20N4O/c1-14(21-8-10-23-11-9-21)15-2-4-16(5-3-15)17-12-20-18-13-19-6-7-22(17)18/h2-7,12-14H,8-11H2,1H3. The van der Waals surface area contributed by atoms with Crippen LogP contribution < -0.4 is 0 Å². The van der Waals surface area contributed by atoms with E-state index in [0.717, 1.165) is 37.6 Å². The third-order valence-electron chi connectivity index (χ3n) is 4.60. The molecule has 1 aliphatic heterocycles. The van der Waals surface area contributed by atoms with Crippen LogP contribution in [0.5, 0.6) is 0 Å². The lowest BCUT2D eigenvalue weighted by Crippen LogP contribution is -2.37. The maximum atomic E-state index is 5.44. The molecule has 0 aliphatic carbocycles. The molecule has 1 aliphatic rings. The molecular formula is C18H20N4O. The molecule has 23 heavy (non-hydrogen) atoms. The number of benzene rings is 1. The number of rotatable bonds is 3. The third kappa shape index (κ3) is 2.73. The molecule has 0 bridgehead atoms. The fourth-order valence-corrected chi connectivity index (χ4v) is 3.16. The first-order valence-corrected chi connectivity index (χ1v) is 8.02. The zero-order chi connectivity index (χ0) is 15.6. The van der Waals surface area contributed by atoms with Gasteiger partial charge in [-0.3, -0.25) is 14.3 Å². The first kappa shape index (κ1) is 14.4. The highest BCUT2D eigenvalue weighted by Gasteiger charge is 2.18. The SMILES string of the molecule is CC(c1ccc(-c2cnc3cnccn23)cc1)N1CCOCC1. The normalized spacial score (nSPS) is 17.4. The summed E-state index contributed by atoms with van der Waals surface area (Å²) >= 11 is 0. The Morgan fingerprint density at radius 3 is 2.65 bits per heavy atom. The number of fused-ring (bicyclic) bond motifs is 1. The summed E-state index contributed by atoms with van der Waals surface area (Å²) in [6.07, 6.45) is 7.41. The first-order valence-electron chi connectivity index (χ1n) is 8.02. The van der Waals surface area contributed by atoms with Crippen LogP contribution in [0.25, 0.3) is 16.9 Å². The van der Waals surface area contributed by atoms with Crippen molar-refractivity contribution in [2.45, 2.75) is 13.0 Å². The van der Waals surface area contributed by atoms with E-state index in [1.807, 2.05) is 12.4 Å². The summed E-state index contributed by atoms with van der Waals surface area (Å²) in [6, 6.07) is 9.21. The molecule has 0 N–H and O–H groups in total. The topological polar surface area (TPSA) is 42.7 Å². The van der Waals surface area contributed by atoms with Crippen LogP contribution in [0.1, 0.15) is 18.5 Å². The van der Waals surface area contributed by atoms with Gasteiger partial charge in [0, 0.05) is 37.1 Å². The van der Waals surface area contributed by atoms with Crippen LogP contribution in [0.15, 0.2) is 49.1 Å². The average Bonchev–Trinajstić information content (AvgIpc) is 3.06. The number of hydrogen-bond acceptors (Lipinski definition) is 4. The Bertz CT molecular complexity index is 790. The summed E-state index contributed by atoms with van der Waals surface area (Å²) in [5, 5.41) is 0. The highest BCUT2D eigenvalue weighted by Crippen LogP contribution is 2.25. The van der Waals surface area contributed by atoms with Crippen LogP contribution in [0.4, 0.5) is 0 Å². The lowest BCUT2D eigenvalue weighted by Gasteiger charge is -2.32. The van der Waals surface area contributed by atoms with Gasteiger partial charge in [-0.2, -0.15) is 0 Å². The van der Waals surface area contributed by atoms with Crippen LogP contribution in [0.3, 0.4) is 0 Å². The lowest BCUT2D eigenvalue weighted by atomic mass is 10.0. The minimum atomic E-state index is 0.416. The zero-order valence-electron chi connectivity index (χ0n) is 13.2. The molecule has 2 aromatic heterocycles. The Morgan fingerprint density at radius 2 is 1.87 bits per heavy atom. The number of imidazole rings is 1. The first-order chi connectivity index (χ1) is 11.3. The van der Waals surface area contributed by atoms with Gasteiger partial charge < -0.3 is 4.74 Å². The maximum Gasteiger partial charge on any atom is 0.155 e. The molecule has 0 amide bonds. The zero-order valence-corrected chi connectivity index (χ0v) is 13.2. The summed E-state index contributed by atoms with van der Waals surface area (Å²) in [7, 11) is 0. The molecule has 1 saturated heterocycles. The van der Waals surface area contributed by atoms with Crippen molar-refractivity contribution in [3.8, 4) is 11.3 Å². The predicted molar refractivity (Wildman–Crippen MR) is 89.2 cm³/mol. The molecule has 1 atom stereocenters. The second kappa shape index (κ2) is 6.10. The van der Waals surface area contributed by atoms with Crippen LogP contribution in [-0.4, -0.2) is 45.6 Å². The lowest BCUT2D eigenvalue weighted by molar-refractivity contribution is 0.0198. The van der Waals surface area contributed by atoms with Gasteiger partial charge in [-0.15, -0.1) is 0 Å². The van der Waals surface area contributed by atoms with Gasteiger partial charge in [0.2, 0.25) is 0 Å². The van der Waals surface area contributed by atoms with Crippen molar-refractivity contribution in [3.05, 3.63) is 54.6 Å². The van der Waals surface area contributed by atoms with Crippen molar-refractivity contribution in [3.63, 3.8) is 0 Å². The van der Waals surface area contributed by atoms with Crippen molar-refractivity contribution in [2.75, 3.05) is 26.3 Å². The van der Waals surface area contributed by atoms with Crippen LogP contribution in [-0.2, 0) is 4.74 Å². The number of hydrogen-bond donors (Lipinski definition) is 0. The molecule has 0 saturated carbocycles. The largest absolute Gasteiger partial charge is 0.379 e. The Morgan fingerprint density at radius 1 is 1.09 bits per heavy atom. The number of aromatic nitrogens is 3. The van der Waals surface area contributed by atoms with E-state index in [-0.39, 0.29) is 0 Å². The molecule has 0 radical (unpaired) electrons.